The van der Waals surface area contributed by atoms with E-state index >= 15 is 0 Å². The van der Waals surface area contributed by atoms with Gasteiger partial charge in [0.15, 0.2) is 6.29 Å². The van der Waals surface area contributed by atoms with Gasteiger partial charge in [0.25, 0.3) is 0 Å². The summed E-state index contributed by atoms with van der Waals surface area (Å²) in [6, 6.07) is 13.6. The number of nitrogens with two attached hydrogens (primary N) is 1. The minimum absolute atomic E-state index is 0.00484. The molecule has 2 saturated heterocycles. The average molecular weight is 950 g/mol. The summed E-state index contributed by atoms with van der Waals surface area (Å²) in [7, 11) is 0. The maximum Gasteiger partial charge on any atom is 0.328 e. The molecule has 0 unspecified atom stereocenters. The molecule has 3 aromatic rings. The summed E-state index contributed by atoms with van der Waals surface area (Å²) in [5, 5.41) is 71.8. The molecule has 0 bridgehead atoms. The minimum atomic E-state index is -1.85. The zero-order valence-electron chi connectivity index (χ0n) is 37.4. The highest BCUT2D eigenvalue weighted by Gasteiger charge is 2.44. The topological polar surface area (TPSA) is 349 Å². The van der Waals surface area contributed by atoms with Crippen LogP contribution in [0.5, 0.6) is 11.5 Å². The first-order chi connectivity index (χ1) is 32.3. The molecular weight excluding hydrogens is 891 g/mol. The van der Waals surface area contributed by atoms with Gasteiger partial charge in [-0.25, -0.2) is 4.79 Å². The van der Waals surface area contributed by atoms with E-state index in [2.05, 4.69) is 26.6 Å². The number of rotatable bonds is 20. The number of phenolic OH excluding ortho intramolecular Hbond substituents is 2. The second kappa shape index (κ2) is 24.4. The molecule has 6 amide bonds. The molecule has 0 spiro atoms. The van der Waals surface area contributed by atoms with E-state index in [-0.39, 0.29) is 43.7 Å². The number of ether oxygens (including phenoxy) is 2. The van der Waals surface area contributed by atoms with Gasteiger partial charge >= 0.3 is 5.97 Å². The number of amides is 6. The lowest BCUT2D eigenvalue weighted by atomic mass is 9.99. The molecule has 0 radical (unpaired) electrons. The number of aliphatic hydroxyl groups excluding tert-OH is 4. The lowest BCUT2D eigenvalue weighted by molar-refractivity contribution is -0.287. The Balaban J connectivity index is 1.20. The first-order valence-corrected chi connectivity index (χ1v) is 22.0. The predicted octanol–water partition coefficient (Wildman–Crippen LogP) is -3.12. The van der Waals surface area contributed by atoms with E-state index in [0.29, 0.717) is 23.1 Å². The van der Waals surface area contributed by atoms with Crippen LogP contribution in [0.4, 0.5) is 0 Å². The van der Waals surface area contributed by atoms with Crippen LogP contribution in [0.25, 0.3) is 0 Å². The normalized spacial score (nSPS) is 22.3. The second-order valence-corrected chi connectivity index (χ2v) is 16.8. The van der Waals surface area contributed by atoms with Gasteiger partial charge in [-0.15, -0.1) is 0 Å². The number of hydrogen-bond donors (Lipinski definition) is 12. The van der Waals surface area contributed by atoms with Crippen molar-refractivity contribution in [1.82, 2.24) is 31.5 Å². The number of phenols is 2. The minimum Gasteiger partial charge on any atom is -0.508 e. The van der Waals surface area contributed by atoms with Crippen LogP contribution in [-0.4, -0.2) is 164 Å². The first kappa shape index (κ1) is 52.3. The lowest BCUT2D eigenvalue weighted by Gasteiger charge is -2.38. The van der Waals surface area contributed by atoms with E-state index in [1.165, 1.54) is 55.1 Å². The number of nitrogens with one attached hydrogen (secondary N) is 5. The van der Waals surface area contributed by atoms with Crippen molar-refractivity contribution < 1.29 is 73.7 Å². The van der Waals surface area contributed by atoms with Crippen LogP contribution >= 0.6 is 0 Å². The van der Waals surface area contributed by atoms with Crippen LogP contribution in [0.3, 0.4) is 0 Å². The molecule has 5 rings (SSSR count). The number of carbonyl (C=O) groups excluding carboxylic acids is 7. The lowest BCUT2D eigenvalue weighted by Crippen LogP contribution is -2.59. The largest absolute Gasteiger partial charge is 0.508 e. The van der Waals surface area contributed by atoms with Crippen LogP contribution in [-0.2, 0) is 62.3 Å². The number of esters is 1. The third kappa shape index (κ3) is 14.7. The molecule has 0 aromatic heterocycles. The summed E-state index contributed by atoms with van der Waals surface area (Å²) in [5.41, 5.74) is 7.95. The molecule has 368 valence electrons. The van der Waals surface area contributed by atoms with Crippen molar-refractivity contribution in [2.24, 2.45) is 5.73 Å². The Labute approximate surface area is 391 Å². The molecule has 22 heteroatoms. The van der Waals surface area contributed by atoms with Crippen molar-refractivity contribution in [3.8, 4) is 11.5 Å². The predicted molar refractivity (Wildman–Crippen MR) is 238 cm³/mol. The summed E-state index contributed by atoms with van der Waals surface area (Å²) >= 11 is 0. The van der Waals surface area contributed by atoms with Gasteiger partial charge in [0.1, 0.15) is 72.7 Å². The monoisotopic (exact) mass is 949 g/mol. The molecule has 2 aliphatic rings. The zero-order chi connectivity index (χ0) is 49.7. The second-order valence-electron chi connectivity index (χ2n) is 16.8. The van der Waals surface area contributed by atoms with Gasteiger partial charge in [-0.2, -0.15) is 0 Å². The number of nitrogens with zero attached hydrogens (tertiary/aromatic N) is 1. The highest BCUT2D eigenvalue weighted by molar-refractivity contribution is 5.96. The molecule has 68 heavy (non-hydrogen) atoms. The maximum absolute atomic E-state index is 14.2. The Morgan fingerprint density at radius 1 is 0.691 bits per heavy atom. The summed E-state index contributed by atoms with van der Waals surface area (Å²) in [6.07, 6.45) is -7.93. The van der Waals surface area contributed by atoms with E-state index in [0.717, 1.165) is 0 Å². The zero-order valence-corrected chi connectivity index (χ0v) is 37.4. The highest BCUT2D eigenvalue weighted by atomic mass is 16.7. The van der Waals surface area contributed by atoms with Gasteiger partial charge < -0.3 is 77.3 Å². The third-order valence-corrected chi connectivity index (χ3v) is 11.5. The number of aromatic hydroxyl groups is 2. The van der Waals surface area contributed by atoms with Crippen LogP contribution in [0, 0.1) is 0 Å². The number of carbonyl (C=O) groups is 7. The van der Waals surface area contributed by atoms with E-state index in [9.17, 15) is 64.2 Å². The van der Waals surface area contributed by atoms with Crippen LogP contribution in [0.1, 0.15) is 43.4 Å². The summed E-state index contributed by atoms with van der Waals surface area (Å²) < 4.78 is 10.1. The van der Waals surface area contributed by atoms with Gasteiger partial charge in [0.2, 0.25) is 35.4 Å². The van der Waals surface area contributed by atoms with Crippen LogP contribution in [0.15, 0.2) is 78.9 Å². The van der Waals surface area contributed by atoms with Crippen molar-refractivity contribution >= 4 is 41.4 Å². The Bertz CT molecular complexity index is 2220. The van der Waals surface area contributed by atoms with E-state index < -0.39 is 122 Å². The number of likely N-dealkylation sites (tertiary alicyclic amines) is 1. The Morgan fingerprint density at radius 3 is 1.91 bits per heavy atom. The SMILES string of the molecule is C[C@H](NC(=O)[C@@H]1CCCN1C(=O)[C@H](Cc1ccc(O)cc1)NC(=O)CNC(=O)[C@H](Cc1ccccc1)NC(=O)[C@@H](C)NC(=O)[C@@H](N)Cc1ccc(O)cc1)C(=O)OC[C@H]1O[C@H](O)[C@H](O)[C@@H](O)[C@H]1O. The standard InChI is InChI=1S/C46H59N7O15/c1-24(49-41(61)31(47)19-27-10-14-29(54)15-11-27)40(60)52-32(20-26-7-4-3-5-8-26)42(62)48-22-36(56)51-33(21-28-12-16-30(55)17-13-28)44(64)53-18-6-9-34(53)43(63)50-25(2)45(65)67-23-35-37(57)38(58)39(59)46(66)68-35/h3-5,7-8,10-17,24-25,31-35,37-39,46,54-55,57-59,66H,6,9,18-23,47H2,1-2H3,(H,48,62)(H,49,61)(H,50,63)(H,51,56)(H,52,60)/t24-,25+,31+,32+,33+,34+,35-,37+,38+,39-,46+/m1/s1. The summed E-state index contributed by atoms with van der Waals surface area (Å²) in [6.45, 7) is 1.53. The van der Waals surface area contributed by atoms with Crippen LogP contribution < -0.4 is 32.3 Å². The van der Waals surface area contributed by atoms with Crippen molar-refractivity contribution in [2.45, 2.75) is 113 Å². The molecular formula is C46H59N7O15. The van der Waals surface area contributed by atoms with E-state index in [1.807, 2.05) is 0 Å². The first-order valence-electron chi connectivity index (χ1n) is 22.0. The number of aliphatic hydroxyl groups is 4. The number of hydrogen-bond acceptors (Lipinski definition) is 16. The molecule has 22 nitrogen and oxygen atoms in total. The van der Waals surface area contributed by atoms with Gasteiger partial charge in [-0.1, -0.05) is 54.6 Å². The Morgan fingerprint density at radius 2 is 1.28 bits per heavy atom. The summed E-state index contributed by atoms with van der Waals surface area (Å²) in [4.78, 5) is 95.4. The van der Waals surface area contributed by atoms with Crippen molar-refractivity contribution in [2.75, 3.05) is 19.7 Å². The van der Waals surface area contributed by atoms with Gasteiger partial charge in [-0.3, -0.25) is 28.8 Å². The fourth-order valence-electron chi connectivity index (χ4n) is 7.55. The highest BCUT2D eigenvalue weighted by Crippen LogP contribution is 2.22. The van der Waals surface area contributed by atoms with Crippen LogP contribution in [0.2, 0.25) is 0 Å². The van der Waals surface area contributed by atoms with E-state index in [4.69, 9.17) is 15.2 Å². The summed E-state index contributed by atoms with van der Waals surface area (Å²) in [5.74, 6) is -5.28. The Kier molecular flexibility index (Phi) is 18.7. The van der Waals surface area contributed by atoms with Crippen molar-refractivity contribution in [1.29, 1.82) is 0 Å². The average Bonchev–Trinajstić information content (AvgIpc) is 3.82. The fraction of sp³-hybridized carbons (Fsp3) is 0.457. The number of benzene rings is 3. The molecule has 11 atom stereocenters. The van der Waals surface area contributed by atoms with E-state index in [1.54, 1.807) is 42.5 Å². The quantitative estimate of drug-likeness (QED) is 0.0499. The molecule has 13 N–H and O–H groups in total. The van der Waals surface area contributed by atoms with Gasteiger partial charge in [0.05, 0.1) is 12.6 Å². The third-order valence-electron chi connectivity index (χ3n) is 11.5. The smallest absolute Gasteiger partial charge is 0.328 e. The molecule has 0 aliphatic carbocycles. The molecule has 2 heterocycles. The molecule has 3 aromatic carbocycles. The van der Waals surface area contributed by atoms with Gasteiger partial charge in [-0.05, 0) is 74.1 Å². The Hall–Kier alpha value is -6.69. The van der Waals surface area contributed by atoms with Gasteiger partial charge in [0, 0.05) is 19.4 Å². The molecule has 2 fully saturated rings. The molecule has 0 saturated carbocycles. The molecule has 2 aliphatic heterocycles. The maximum atomic E-state index is 14.2. The fourth-order valence-corrected chi connectivity index (χ4v) is 7.55. The van der Waals surface area contributed by atoms with Crippen molar-refractivity contribution in [3.63, 3.8) is 0 Å². The van der Waals surface area contributed by atoms with Crippen molar-refractivity contribution in [3.05, 3.63) is 95.6 Å².